The van der Waals surface area contributed by atoms with Crippen LogP contribution in [0.3, 0.4) is 0 Å². The van der Waals surface area contributed by atoms with Crippen LogP contribution in [0.2, 0.25) is 0 Å². The van der Waals surface area contributed by atoms with Crippen LogP contribution in [0, 0.1) is 5.92 Å². The summed E-state index contributed by atoms with van der Waals surface area (Å²) in [5.74, 6) is 2.10. The van der Waals surface area contributed by atoms with E-state index in [1.54, 1.807) is 16.4 Å². The second kappa shape index (κ2) is 8.76. The number of sulfonamides is 1. The molecule has 0 amide bonds. The van der Waals surface area contributed by atoms with Crippen molar-refractivity contribution in [1.82, 2.24) is 4.31 Å². The summed E-state index contributed by atoms with van der Waals surface area (Å²) in [6, 6.07) is 13.5. The van der Waals surface area contributed by atoms with E-state index in [4.69, 9.17) is 9.47 Å². The van der Waals surface area contributed by atoms with Gasteiger partial charge in [-0.05, 0) is 73.4 Å². The van der Waals surface area contributed by atoms with Crippen molar-refractivity contribution in [1.29, 1.82) is 0 Å². The summed E-state index contributed by atoms with van der Waals surface area (Å²) in [5, 5.41) is 0. The highest BCUT2D eigenvalue weighted by atomic mass is 32.2. The number of unbranched alkanes of at least 4 members (excludes halogenated alkanes) is 1. The summed E-state index contributed by atoms with van der Waals surface area (Å²) in [7, 11) is -3.41. The number of benzene rings is 2. The minimum Gasteiger partial charge on any atom is -0.454 e. The number of fused-ring (bicyclic) bond motifs is 1. The molecule has 2 heterocycles. The van der Waals surface area contributed by atoms with Crippen LogP contribution in [0.1, 0.15) is 43.7 Å². The zero-order valence-corrected chi connectivity index (χ0v) is 17.8. The molecule has 0 aliphatic carbocycles. The van der Waals surface area contributed by atoms with Crippen molar-refractivity contribution >= 4 is 10.0 Å². The van der Waals surface area contributed by atoms with E-state index in [0.717, 1.165) is 50.0 Å². The predicted molar refractivity (Wildman–Crippen MR) is 113 cm³/mol. The van der Waals surface area contributed by atoms with E-state index in [9.17, 15) is 8.42 Å². The molecule has 0 radical (unpaired) electrons. The highest BCUT2D eigenvalue weighted by molar-refractivity contribution is 7.89. The first-order valence-electron chi connectivity index (χ1n) is 10.5. The third-order valence-corrected chi connectivity index (χ3v) is 7.83. The van der Waals surface area contributed by atoms with Gasteiger partial charge in [0.1, 0.15) is 0 Å². The Morgan fingerprint density at radius 2 is 1.66 bits per heavy atom. The quantitative estimate of drug-likeness (QED) is 0.673. The van der Waals surface area contributed by atoms with Crippen molar-refractivity contribution in [3.05, 3.63) is 53.6 Å². The lowest BCUT2D eigenvalue weighted by atomic mass is 9.91. The van der Waals surface area contributed by atoms with Crippen molar-refractivity contribution < 1.29 is 17.9 Å². The second-order valence-corrected chi connectivity index (χ2v) is 9.92. The lowest BCUT2D eigenvalue weighted by molar-refractivity contribution is 0.174. The number of piperidine rings is 1. The number of hydrogen-bond donors (Lipinski definition) is 0. The fourth-order valence-corrected chi connectivity index (χ4v) is 5.58. The van der Waals surface area contributed by atoms with Crippen LogP contribution in [-0.4, -0.2) is 32.6 Å². The average Bonchev–Trinajstić information content (AvgIpc) is 3.21. The van der Waals surface area contributed by atoms with Crippen LogP contribution in [0.5, 0.6) is 11.5 Å². The topological polar surface area (TPSA) is 55.8 Å². The van der Waals surface area contributed by atoms with E-state index >= 15 is 0 Å². The summed E-state index contributed by atoms with van der Waals surface area (Å²) in [6.07, 6.45) is 5.97. The Morgan fingerprint density at radius 3 is 2.38 bits per heavy atom. The molecule has 156 valence electrons. The molecule has 2 aromatic rings. The van der Waals surface area contributed by atoms with Crippen LogP contribution >= 0.6 is 0 Å². The number of aryl methyl sites for hydroxylation is 1. The molecule has 5 nitrogen and oxygen atoms in total. The van der Waals surface area contributed by atoms with Crippen LogP contribution in [-0.2, 0) is 22.9 Å². The second-order valence-electron chi connectivity index (χ2n) is 7.99. The Labute approximate surface area is 173 Å². The number of rotatable bonds is 7. The van der Waals surface area contributed by atoms with Gasteiger partial charge in [-0.3, -0.25) is 0 Å². The predicted octanol–water partition coefficient (Wildman–Crippen LogP) is 4.40. The molecule has 1 saturated heterocycles. The maximum atomic E-state index is 13.0. The summed E-state index contributed by atoms with van der Waals surface area (Å²) >= 11 is 0. The van der Waals surface area contributed by atoms with Crippen LogP contribution in [0.4, 0.5) is 0 Å². The van der Waals surface area contributed by atoms with Gasteiger partial charge in [-0.25, -0.2) is 8.42 Å². The third kappa shape index (κ3) is 4.59. The summed E-state index contributed by atoms with van der Waals surface area (Å²) < 4.78 is 38.5. The number of ether oxygens (including phenoxy) is 2. The first kappa shape index (κ1) is 20.2. The van der Waals surface area contributed by atoms with E-state index < -0.39 is 10.0 Å². The number of hydrogen-bond acceptors (Lipinski definition) is 4. The highest BCUT2D eigenvalue weighted by Gasteiger charge is 2.29. The standard InChI is InChI=1S/C23H29NO4S/c1-2-3-4-18-5-8-21(9-6-18)29(25,26)24-13-11-19(12-14-24)15-20-7-10-22-23(16-20)28-17-27-22/h5-10,16,19H,2-4,11-15,17H2,1H3. The Kier molecular flexibility index (Phi) is 6.11. The lowest BCUT2D eigenvalue weighted by Gasteiger charge is -2.31. The van der Waals surface area contributed by atoms with E-state index in [-0.39, 0.29) is 6.79 Å². The minimum absolute atomic E-state index is 0.286. The van der Waals surface area contributed by atoms with E-state index in [2.05, 4.69) is 13.0 Å². The van der Waals surface area contributed by atoms with Crippen molar-refractivity contribution in [3.63, 3.8) is 0 Å². The van der Waals surface area contributed by atoms with Gasteiger partial charge in [0.15, 0.2) is 11.5 Å². The molecule has 2 aliphatic rings. The van der Waals surface area contributed by atoms with E-state index in [1.807, 2.05) is 24.3 Å². The highest BCUT2D eigenvalue weighted by Crippen LogP contribution is 2.34. The zero-order valence-electron chi connectivity index (χ0n) is 17.0. The van der Waals surface area contributed by atoms with Gasteiger partial charge in [-0.1, -0.05) is 31.5 Å². The molecular formula is C23H29NO4S. The Morgan fingerprint density at radius 1 is 0.966 bits per heavy atom. The van der Waals surface area contributed by atoms with Crippen LogP contribution in [0.25, 0.3) is 0 Å². The van der Waals surface area contributed by atoms with Gasteiger partial charge in [-0.2, -0.15) is 4.31 Å². The van der Waals surface area contributed by atoms with Gasteiger partial charge in [0.25, 0.3) is 0 Å². The van der Waals surface area contributed by atoms with E-state index in [1.165, 1.54) is 11.1 Å². The van der Waals surface area contributed by atoms with E-state index in [0.29, 0.717) is 23.9 Å². The first-order chi connectivity index (χ1) is 14.1. The molecular weight excluding hydrogens is 386 g/mol. The fraction of sp³-hybridized carbons (Fsp3) is 0.478. The SMILES string of the molecule is CCCCc1ccc(S(=O)(=O)N2CCC(Cc3ccc4c(c3)OCO4)CC2)cc1. The van der Waals surface area contributed by atoms with Crippen molar-refractivity contribution in [2.45, 2.75) is 50.3 Å². The van der Waals surface area contributed by atoms with Gasteiger partial charge in [0.05, 0.1) is 4.90 Å². The van der Waals surface area contributed by atoms with Crippen molar-refractivity contribution in [3.8, 4) is 11.5 Å². The molecule has 0 N–H and O–H groups in total. The number of nitrogens with zero attached hydrogens (tertiary/aromatic N) is 1. The van der Waals surface area contributed by atoms with Crippen molar-refractivity contribution in [2.24, 2.45) is 5.92 Å². The van der Waals surface area contributed by atoms with Gasteiger partial charge < -0.3 is 9.47 Å². The fourth-order valence-electron chi connectivity index (χ4n) is 4.11. The van der Waals surface area contributed by atoms with Gasteiger partial charge in [0, 0.05) is 13.1 Å². The molecule has 0 atom stereocenters. The summed E-state index contributed by atoms with van der Waals surface area (Å²) in [4.78, 5) is 0.409. The molecule has 6 heteroatoms. The molecule has 0 spiro atoms. The molecule has 2 aromatic carbocycles. The van der Waals surface area contributed by atoms with Crippen LogP contribution < -0.4 is 9.47 Å². The normalized spacial score (nSPS) is 17.6. The molecule has 2 aliphatic heterocycles. The minimum atomic E-state index is -3.41. The summed E-state index contributed by atoms with van der Waals surface area (Å²) in [6.45, 7) is 3.61. The maximum Gasteiger partial charge on any atom is 0.243 e. The Bertz CT molecular complexity index is 932. The summed E-state index contributed by atoms with van der Waals surface area (Å²) in [5.41, 5.74) is 2.42. The third-order valence-electron chi connectivity index (χ3n) is 5.91. The Balaban J connectivity index is 1.34. The zero-order chi connectivity index (χ0) is 20.3. The molecule has 0 aromatic heterocycles. The monoisotopic (exact) mass is 415 g/mol. The molecule has 0 bridgehead atoms. The first-order valence-corrected chi connectivity index (χ1v) is 12.0. The molecule has 0 unspecified atom stereocenters. The van der Waals surface area contributed by atoms with Gasteiger partial charge in [0.2, 0.25) is 16.8 Å². The van der Waals surface area contributed by atoms with Crippen molar-refractivity contribution in [2.75, 3.05) is 19.9 Å². The smallest absolute Gasteiger partial charge is 0.243 e. The Hall–Kier alpha value is -2.05. The maximum absolute atomic E-state index is 13.0. The molecule has 29 heavy (non-hydrogen) atoms. The van der Waals surface area contributed by atoms with Gasteiger partial charge >= 0.3 is 0 Å². The lowest BCUT2D eigenvalue weighted by Crippen LogP contribution is -2.38. The van der Waals surface area contributed by atoms with Gasteiger partial charge in [-0.15, -0.1) is 0 Å². The average molecular weight is 416 g/mol. The van der Waals surface area contributed by atoms with Crippen LogP contribution in [0.15, 0.2) is 47.4 Å². The molecule has 1 fully saturated rings. The molecule has 0 saturated carbocycles. The largest absolute Gasteiger partial charge is 0.454 e. The molecule has 4 rings (SSSR count).